The Morgan fingerprint density at radius 2 is 2.22 bits per heavy atom. The summed E-state index contributed by atoms with van der Waals surface area (Å²) in [6.07, 6.45) is 1.04. The van der Waals surface area contributed by atoms with E-state index in [9.17, 15) is 4.79 Å². The number of rotatable bonds is 4. The Morgan fingerprint density at radius 3 is 2.96 bits per heavy atom. The van der Waals surface area contributed by atoms with Crippen molar-refractivity contribution in [2.45, 2.75) is 31.8 Å². The van der Waals surface area contributed by atoms with Crippen LogP contribution in [0.4, 0.5) is 5.69 Å². The van der Waals surface area contributed by atoms with Crippen molar-refractivity contribution >= 4 is 11.6 Å². The molecule has 122 valence electrons. The molecule has 0 bridgehead atoms. The molecular formula is C15H20N6O2. The molecule has 0 aliphatic carbocycles. The highest BCUT2D eigenvalue weighted by molar-refractivity contribution is 5.98. The Bertz CT molecular complexity index is 693. The van der Waals surface area contributed by atoms with Gasteiger partial charge in [-0.25, -0.2) is 4.68 Å². The number of tetrazole rings is 1. The van der Waals surface area contributed by atoms with E-state index in [0.717, 1.165) is 5.56 Å². The molecule has 1 saturated heterocycles. The highest BCUT2D eigenvalue weighted by Gasteiger charge is 2.35. The fraction of sp³-hybridized carbons (Fsp3) is 0.467. The minimum absolute atomic E-state index is 0.187. The maximum absolute atomic E-state index is 12.5. The van der Waals surface area contributed by atoms with E-state index < -0.39 is 5.54 Å². The third-order valence-electron chi connectivity index (χ3n) is 4.05. The monoisotopic (exact) mass is 316 g/mol. The van der Waals surface area contributed by atoms with Gasteiger partial charge in [-0.05, 0) is 42.3 Å². The molecule has 3 N–H and O–H groups in total. The molecule has 8 nitrogen and oxygen atoms in total. The molecule has 23 heavy (non-hydrogen) atoms. The van der Waals surface area contributed by atoms with Crippen molar-refractivity contribution < 1.29 is 9.53 Å². The molecule has 0 radical (unpaired) electrons. The number of carbonyl (C=O) groups excluding carboxylic acids is 1. The summed E-state index contributed by atoms with van der Waals surface area (Å²) in [6, 6.07) is 7.43. The molecule has 0 atom stereocenters. The molecule has 1 aromatic carbocycles. The number of ether oxygens (including phenoxy) is 1. The molecule has 1 fully saturated rings. The van der Waals surface area contributed by atoms with E-state index in [2.05, 4.69) is 20.8 Å². The highest BCUT2D eigenvalue weighted by atomic mass is 16.5. The van der Waals surface area contributed by atoms with Gasteiger partial charge in [-0.2, -0.15) is 0 Å². The second-order valence-electron chi connectivity index (χ2n) is 5.62. The molecule has 2 aromatic rings. The number of hydrogen-bond acceptors (Lipinski definition) is 6. The average Bonchev–Trinajstić information content (AvgIpc) is 3.04. The number of benzene rings is 1. The summed E-state index contributed by atoms with van der Waals surface area (Å²) >= 11 is 0. The first-order valence-electron chi connectivity index (χ1n) is 7.67. The fourth-order valence-electron chi connectivity index (χ4n) is 2.58. The first-order chi connectivity index (χ1) is 11.1. The van der Waals surface area contributed by atoms with E-state index in [1.807, 2.05) is 31.2 Å². The number of carbonyl (C=O) groups is 1. The van der Waals surface area contributed by atoms with Gasteiger partial charge in [0.15, 0.2) is 5.82 Å². The number of nitrogens with one attached hydrogen (secondary N) is 1. The summed E-state index contributed by atoms with van der Waals surface area (Å²) in [5.74, 6) is 0.477. The third kappa shape index (κ3) is 3.22. The smallest absolute Gasteiger partial charge is 0.244 e. The first kappa shape index (κ1) is 15.6. The summed E-state index contributed by atoms with van der Waals surface area (Å²) in [6.45, 7) is 3.66. The molecule has 1 aliphatic rings. The van der Waals surface area contributed by atoms with Crippen molar-refractivity contribution in [2.75, 3.05) is 18.5 Å². The normalized spacial score (nSPS) is 17.0. The Kier molecular flexibility index (Phi) is 4.35. The van der Waals surface area contributed by atoms with Gasteiger partial charge < -0.3 is 15.8 Å². The van der Waals surface area contributed by atoms with Gasteiger partial charge in [0.05, 0.1) is 0 Å². The second kappa shape index (κ2) is 6.43. The van der Waals surface area contributed by atoms with Crippen molar-refractivity contribution in [3.8, 4) is 11.4 Å². The Balaban J connectivity index is 1.79. The van der Waals surface area contributed by atoms with Crippen LogP contribution in [0, 0.1) is 0 Å². The van der Waals surface area contributed by atoms with Crippen LogP contribution in [-0.4, -0.2) is 44.9 Å². The average molecular weight is 316 g/mol. The molecule has 2 heterocycles. The maximum atomic E-state index is 12.5. The van der Waals surface area contributed by atoms with Crippen molar-refractivity contribution in [2.24, 2.45) is 5.73 Å². The summed E-state index contributed by atoms with van der Waals surface area (Å²) < 4.78 is 6.97. The van der Waals surface area contributed by atoms with Crippen LogP contribution in [0.3, 0.4) is 0 Å². The van der Waals surface area contributed by atoms with Crippen molar-refractivity contribution in [1.82, 2.24) is 20.2 Å². The summed E-state index contributed by atoms with van der Waals surface area (Å²) in [4.78, 5) is 12.5. The Labute approximate surface area is 134 Å². The topological polar surface area (TPSA) is 108 Å². The number of aromatic nitrogens is 4. The van der Waals surface area contributed by atoms with Gasteiger partial charge in [-0.1, -0.05) is 12.1 Å². The summed E-state index contributed by atoms with van der Waals surface area (Å²) in [5, 5.41) is 14.5. The summed E-state index contributed by atoms with van der Waals surface area (Å²) in [5.41, 5.74) is 6.84. The largest absolute Gasteiger partial charge is 0.381 e. The lowest BCUT2D eigenvalue weighted by Crippen LogP contribution is -2.54. The predicted octanol–water partition coefficient (Wildman–Crippen LogP) is 0.806. The number of nitrogens with zero attached hydrogens (tertiary/aromatic N) is 4. The zero-order valence-corrected chi connectivity index (χ0v) is 13.0. The van der Waals surface area contributed by atoms with Crippen LogP contribution in [0.25, 0.3) is 11.4 Å². The van der Waals surface area contributed by atoms with Crippen LogP contribution >= 0.6 is 0 Å². The van der Waals surface area contributed by atoms with Gasteiger partial charge in [-0.15, -0.1) is 5.10 Å². The zero-order valence-electron chi connectivity index (χ0n) is 13.0. The van der Waals surface area contributed by atoms with Crippen molar-refractivity contribution in [1.29, 1.82) is 0 Å². The SMILES string of the molecule is CCn1nnnc1-c1cccc(NC(=O)C2(N)CCOCC2)c1. The van der Waals surface area contributed by atoms with Gasteiger partial charge >= 0.3 is 0 Å². The van der Waals surface area contributed by atoms with E-state index in [0.29, 0.717) is 44.1 Å². The molecule has 0 spiro atoms. The molecule has 3 rings (SSSR count). The lowest BCUT2D eigenvalue weighted by molar-refractivity contribution is -0.124. The fourth-order valence-corrected chi connectivity index (χ4v) is 2.58. The number of nitrogens with two attached hydrogens (primary N) is 1. The van der Waals surface area contributed by atoms with Gasteiger partial charge in [0.2, 0.25) is 5.91 Å². The Morgan fingerprint density at radius 1 is 1.43 bits per heavy atom. The van der Waals surface area contributed by atoms with Crippen LogP contribution < -0.4 is 11.1 Å². The van der Waals surface area contributed by atoms with Crippen LogP contribution in [-0.2, 0) is 16.1 Å². The number of hydrogen-bond donors (Lipinski definition) is 2. The van der Waals surface area contributed by atoms with Gasteiger partial charge in [-0.3, -0.25) is 4.79 Å². The Hall–Kier alpha value is -2.32. The van der Waals surface area contributed by atoms with Gasteiger partial charge in [0, 0.05) is 31.0 Å². The molecule has 8 heteroatoms. The zero-order chi connectivity index (χ0) is 16.3. The van der Waals surface area contributed by atoms with Gasteiger partial charge in [0.25, 0.3) is 0 Å². The minimum Gasteiger partial charge on any atom is -0.381 e. The first-order valence-corrected chi connectivity index (χ1v) is 7.67. The predicted molar refractivity (Wildman–Crippen MR) is 84.5 cm³/mol. The molecule has 1 aromatic heterocycles. The van der Waals surface area contributed by atoms with Crippen LogP contribution in [0.5, 0.6) is 0 Å². The van der Waals surface area contributed by atoms with Gasteiger partial charge in [0.1, 0.15) is 5.54 Å². The third-order valence-corrected chi connectivity index (χ3v) is 4.05. The van der Waals surface area contributed by atoms with E-state index in [1.54, 1.807) is 4.68 Å². The van der Waals surface area contributed by atoms with Crippen LogP contribution in [0.1, 0.15) is 19.8 Å². The molecule has 1 aliphatic heterocycles. The second-order valence-corrected chi connectivity index (χ2v) is 5.62. The van der Waals surface area contributed by atoms with Crippen LogP contribution in [0.2, 0.25) is 0 Å². The van der Waals surface area contributed by atoms with Crippen molar-refractivity contribution in [3.63, 3.8) is 0 Å². The molecule has 1 amide bonds. The standard InChI is InChI=1S/C15H20N6O2/c1-2-21-13(18-19-20-21)11-4-3-5-12(10-11)17-14(22)15(16)6-8-23-9-7-15/h3-5,10H,2,6-9,16H2,1H3,(H,17,22). The number of amides is 1. The molecular weight excluding hydrogens is 296 g/mol. The quantitative estimate of drug-likeness (QED) is 0.864. The van der Waals surface area contributed by atoms with Crippen LogP contribution in [0.15, 0.2) is 24.3 Å². The van der Waals surface area contributed by atoms with E-state index >= 15 is 0 Å². The van der Waals surface area contributed by atoms with E-state index in [-0.39, 0.29) is 5.91 Å². The molecule has 0 saturated carbocycles. The minimum atomic E-state index is -0.876. The maximum Gasteiger partial charge on any atom is 0.244 e. The highest BCUT2D eigenvalue weighted by Crippen LogP contribution is 2.23. The lowest BCUT2D eigenvalue weighted by Gasteiger charge is -2.31. The van der Waals surface area contributed by atoms with Crippen molar-refractivity contribution in [3.05, 3.63) is 24.3 Å². The summed E-state index contributed by atoms with van der Waals surface area (Å²) in [7, 11) is 0. The number of aryl methyl sites for hydroxylation is 1. The van der Waals surface area contributed by atoms with E-state index in [4.69, 9.17) is 10.5 Å². The number of anilines is 1. The molecule has 0 unspecified atom stereocenters. The lowest BCUT2D eigenvalue weighted by atomic mass is 9.90. The van der Waals surface area contributed by atoms with E-state index in [1.165, 1.54) is 0 Å².